The van der Waals surface area contributed by atoms with E-state index in [9.17, 15) is 19.2 Å². The summed E-state index contributed by atoms with van der Waals surface area (Å²) in [6.45, 7) is 11.9. The van der Waals surface area contributed by atoms with Gasteiger partial charge in [0, 0.05) is 82.7 Å². The van der Waals surface area contributed by atoms with Gasteiger partial charge in [0.15, 0.2) is 49.5 Å². The standard InChI is InChI=1S/C19H18N2O3.C18H14Cl2N2O3.C18H16N2O3.C17H12Cl2N2O3/c1-3-14-5-8-15(9-6-14)18-10-17(24-21-18)12-23-19(22)16-7-4-13(2)20-11-16;1-2-11-3-5-12(6-4-11)16-8-14(25-22-16)10-24-18(23)15-7-13(19)9-21-17(15)20;1-12-3-6-14(7-4-12)17-9-16(23-20-17)11-22-18(21)15-8-5-13(2)19-10-15;1-10-2-4-11(5-3-10)15-7-13(24-21-15)9-23-17(22)14-6-12(18)8-20-16(14)19/h4-11H,3,12H2,1-2H3;3-9H,2,10H2,1H3;3-10H,11H2,1-2H3;2-8H,9H2,1H3. The van der Waals surface area contributed by atoms with E-state index in [2.05, 4.69) is 66.5 Å². The number of hydrogen-bond donors (Lipinski definition) is 0. The Morgan fingerprint density at radius 2 is 0.646 bits per heavy atom. The monoisotopic (exact) mass is 1370 g/mol. The third kappa shape index (κ3) is 20.2. The van der Waals surface area contributed by atoms with E-state index in [4.69, 9.17) is 83.4 Å². The van der Waals surface area contributed by atoms with Crippen LogP contribution in [0.5, 0.6) is 0 Å². The first-order valence-corrected chi connectivity index (χ1v) is 31.2. The number of carbonyl (C=O) groups excluding carboxylic acids is 4. The summed E-state index contributed by atoms with van der Waals surface area (Å²) < 4.78 is 41.6. The van der Waals surface area contributed by atoms with Crippen LogP contribution in [0.4, 0.5) is 0 Å². The number of pyridine rings is 4. The molecule has 12 rings (SSSR count). The molecule has 20 nitrogen and oxygen atoms in total. The smallest absolute Gasteiger partial charge is 0.341 e. The molecule has 96 heavy (non-hydrogen) atoms. The third-order valence-electron chi connectivity index (χ3n) is 14.0. The lowest BCUT2D eigenvalue weighted by atomic mass is 10.1. The Labute approximate surface area is 571 Å². The topological polar surface area (TPSA) is 261 Å². The highest BCUT2D eigenvalue weighted by Crippen LogP contribution is 2.27. The Morgan fingerprint density at radius 3 is 0.927 bits per heavy atom. The fraction of sp³-hybridized carbons (Fsp3) is 0.167. The van der Waals surface area contributed by atoms with Gasteiger partial charge in [0.1, 0.15) is 33.1 Å². The molecule has 0 aliphatic rings. The Bertz CT molecular complexity index is 4560. The van der Waals surface area contributed by atoms with Crippen LogP contribution in [0.1, 0.15) is 112 Å². The van der Waals surface area contributed by atoms with Gasteiger partial charge in [-0.05, 0) is 88.1 Å². The van der Waals surface area contributed by atoms with Gasteiger partial charge in [-0.15, -0.1) is 0 Å². The van der Waals surface area contributed by atoms with E-state index in [-0.39, 0.29) is 47.9 Å². The summed E-state index contributed by atoms with van der Waals surface area (Å²) in [5.41, 5.74) is 14.1. The summed E-state index contributed by atoms with van der Waals surface area (Å²) in [6.07, 6.45) is 7.67. The van der Waals surface area contributed by atoms with Crippen molar-refractivity contribution in [3.63, 3.8) is 0 Å². The van der Waals surface area contributed by atoms with Crippen molar-refractivity contribution in [1.82, 2.24) is 40.6 Å². The van der Waals surface area contributed by atoms with Crippen molar-refractivity contribution in [3.05, 3.63) is 282 Å². The molecular weight excluding hydrogens is 1310 g/mol. The molecular formula is C72H60Cl4N8O12. The molecule has 0 fully saturated rings. The molecule has 0 saturated heterocycles. The van der Waals surface area contributed by atoms with Crippen molar-refractivity contribution < 1.29 is 56.2 Å². The number of ether oxygens (including phenoxy) is 4. The maximum absolute atomic E-state index is 12.1. The zero-order valence-corrected chi connectivity index (χ0v) is 55.6. The lowest BCUT2D eigenvalue weighted by Gasteiger charge is -2.04. The molecule has 488 valence electrons. The molecule has 24 heteroatoms. The number of esters is 4. The quantitative estimate of drug-likeness (QED) is 0.0439. The SMILES string of the molecule is CCc1ccc(-c2cc(COC(=O)c3cc(Cl)cnc3Cl)on2)cc1.CCc1ccc(-c2cc(COC(=O)c3ccc(C)nc3)on2)cc1.Cc1ccc(-c2cc(COC(=O)c3cc(Cl)cnc3Cl)on2)cc1.Cc1ccc(-c2cc(COC(=O)c3ccc(C)nc3)on2)cc1. The van der Waals surface area contributed by atoms with E-state index >= 15 is 0 Å². The lowest BCUT2D eigenvalue weighted by molar-refractivity contribution is 0.0429. The molecule has 0 atom stereocenters. The maximum Gasteiger partial charge on any atom is 0.341 e. The lowest BCUT2D eigenvalue weighted by Crippen LogP contribution is -2.06. The fourth-order valence-electron chi connectivity index (χ4n) is 8.52. The minimum Gasteiger partial charge on any atom is -0.454 e. The van der Waals surface area contributed by atoms with Gasteiger partial charge in [0.05, 0.1) is 32.3 Å². The third-order valence-corrected chi connectivity index (χ3v) is 15.0. The normalized spacial score (nSPS) is 10.6. The van der Waals surface area contributed by atoms with Gasteiger partial charge in [0.25, 0.3) is 0 Å². The molecule has 8 heterocycles. The Morgan fingerprint density at radius 1 is 0.354 bits per heavy atom. The van der Waals surface area contributed by atoms with Gasteiger partial charge in [-0.1, -0.05) is 189 Å². The Hall–Kier alpha value is -10.6. The highest BCUT2D eigenvalue weighted by atomic mass is 35.5. The summed E-state index contributed by atoms with van der Waals surface area (Å²) >= 11 is 23.4. The van der Waals surface area contributed by atoms with Gasteiger partial charge in [-0.3, -0.25) is 9.97 Å². The van der Waals surface area contributed by atoms with Crippen molar-refractivity contribution in [1.29, 1.82) is 0 Å². The van der Waals surface area contributed by atoms with Crippen LogP contribution < -0.4 is 0 Å². The van der Waals surface area contributed by atoms with E-state index in [0.717, 1.165) is 57.7 Å². The molecule has 0 N–H and O–H groups in total. The first-order chi connectivity index (χ1) is 46.4. The average molecular weight is 1370 g/mol. The zero-order chi connectivity index (χ0) is 68.1. The molecule has 0 aliphatic carbocycles. The van der Waals surface area contributed by atoms with Crippen LogP contribution in [-0.4, -0.2) is 64.4 Å². The van der Waals surface area contributed by atoms with Gasteiger partial charge in [0.2, 0.25) is 0 Å². The van der Waals surface area contributed by atoms with E-state index in [1.54, 1.807) is 48.5 Å². The molecule has 0 unspecified atom stereocenters. The summed E-state index contributed by atoms with van der Waals surface area (Å²) in [4.78, 5) is 63.7. The number of hydrogen-bond acceptors (Lipinski definition) is 20. The van der Waals surface area contributed by atoms with Crippen LogP contribution in [0.3, 0.4) is 0 Å². The first-order valence-electron chi connectivity index (χ1n) is 29.7. The van der Waals surface area contributed by atoms with E-state index in [1.165, 1.54) is 53.6 Å². The average Bonchev–Trinajstić information content (AvgIpc) is 1.39. The van der Waals surface area contributed by atoms with Crippen LogP contribution in [0.15, 0.2) is 201 Å². The van der Waals surface area contributed by atoms with E-state index in [1.807, 2.05) is 113 Å². The first kappa shape index (κ1) is 69.7. The Balaban J connectivity index is 0.000000150. The van der Waals surface area contributed by atoms with Gasteiger partial charge in [-0.2, -0.15) is 0 Å². The highest BCUT2D eigenvalue weighted by Gasteiger charge is 2.19. The predicted molar refractivity (Wildman–Crippen MR) is 359 cm³/mol. The maximum atomic E-state index is 12.1. The predicted octanol–water partition coefficient (Wildman–Crippen LogP) is 17.3. The zero-order valence-electron chi connectivity index (χ0n) is 52.6. The number of halogens is 4. The molecule has 0 amide bonds. The van der Waals surface area contributed by atoms with Crippen LogP contribution in [-0.2, 0) is 58.2 Å². The van der Waals surface area contributed by atoms with Crippen molar-refractivity contribution in [2.45, 2.75) is 80.8 Å². The summed E-state index contributed by atoms with van der Waals surface area (Å²) in [5.74, 6) is -0.307. The van der Waals surface area contributed by atoms with Gasteiger partial charge in [-0.25, -0.2) is 29.1 Å². The van der Waals surface area contributed by atoms with E-state index in [0.29, 0.717) is 61.3 Å². The van der Waals surface area contributed by atoms with Gasteiger partial charge < -0.3 is 37.0 Å². The van der Waals surface area contributed by atoms with Gasteiger partial charge >= 0.3 is 23.9 Å². The van der Waals surface area contributed by atoms with Crippen LogP contribution >= 0.6 is 46.4 Å². The van der Waals surface area contributed by atoms with E-state index < -0.39 is 23.9 Å². The second-order valence-corrected chi connectivity index (χ2v) is 22.8. The largest absolute Gasteiger partial charge is 0.454 e. The van der Waals surface area contributed by atoms with Crippen molar-refractivity contribution in [2.75, 3.05) is 0 Å². The fourth-order valence-corrected chi connectivity index (χ4v) is 9.19. The number of carbonyl (C=O) groups is 4. The summed E-state index contributed by atoms with van der Waals surface area (Å²) in [5, 5.41) is 16.7. The number of aryl methyl sites for hydroxylation is 6. The highest BCUT2D eigenvalue weighted by molar-refractivity contribution is 6.35. The molecule has 8 aromatic heterocycles. The van der Waals surface area contributed by atoms with Crippen LogP contribution in [0, 0.1) is 27.7 Å². The molecule has 0 spiro atoms. The number of nitrogens with zero attached hydrogens (tertiary/aromatic N) is 8. The molecule has 0 saturated carbocycles. The van der Waals surface area contributed by atoms with Crippen molar-refractivity contribution in [3.8, 4) is 45.0 Å². The molecule has 0 aliphatic heterocycles. The molecule has 0 bridgehead atoms. The molecule has 4 aromatic carbocycles. The molecule has 0 radical (unpaired) electrons. The second-order valence-electron chi connectivity index (χ2n) is 21.2. The minimum atomic E-state index is -0.636. The van der Waals surface area contributed by atoms with Crippen molar-refractivity contribution >= 4 is 70.3 Å². The number of rotatable bonds is 18. The van der Waals surface area contributed by atoms with Crippen LogP contribution in [0.25, 0.3) is 45.0 Å². The summed E-state index contributed by atoms with van der Waals surface area (Å²) in [7, 11) is 0. The molecule has 12 aromatic rings. The van der Waals surface area contributed by atoms with Crippen molar-refractivity contribution in [2.24, 2.45) is 0 Å². The minimum absolute atomic E-state index is 0.0299. The number of benzene rings is 4. The van der Waals surface area contributed by atoms with Crippen LogP contribution in [0.2, 0.25) is 20.4 Å². The summed E-state index contributed by atoms with van der Waals surface area (Å²) in [6, 6.07) is 48.7. The Kier molecular flexibility index (Phi) is 24.7. The second kappa shape index (κ2) is 34.0. The number of aromatic nitrogens is 8.